The summed E-state index contributed by atoms with van der Waals surface area (Å²) in [4.78, 5) is 12.0. The molecule has 1 N–H and O–H groups in total. The zero-order valence-corrected chi connectivity index (χ0v) is 10.7. The van der Waals surface area contributed by atoms with E-state index in [1.54, 1.807) is 20.3 Å². The van der Waals surface area contributed by atoms with Crippen molar-refractivity contribution >= 4 is 5.91 Å². The monoisotopic (exact) mass is 237 g/mol. The van der Waals surface area contributed by atoms with E-state index in [1.807, 2.05) is 32.0 Å². The SMILES string of the molecule is COC(OC)C(C)NC(=O)c1ccccc1C. The fourth-order valence-electron chi connectivity index (χ4n) is 1.68. The minimum absolute atomic E-state index is 0.116. The van der Waals surface area contributed by atoms with E-state index in [0.717, 1.165) is 5.56 Å². The summed E-state index contributed by atoms with van der Waals surface area (Å²) in [5.74, 6) is -0.116. The second-order valence-electron chi connectivity index (χ2n) is 3.92. The van der Waals surface area contributed by atoms with E-state index in [2.05, 4.69) is 5.32 Å². The number of carbonyl (C=O) groups is 1. The third kappa shape index (κ3) is 3.54. The Morgan fingerprint density at radius 3 is 2.35 bits per heavy atom. The quantitative estimate of drug-likeness (QED) is 0.793. The van der Waals surface area contributed by atoms with Crippen LogP contribution in [0.2, 0.25) is 0 Å². The molecular formula is C13H19NO3. The van der Waals surface area contributed by atoms with Crippen molar-refractivity contribution < 1.29 is 14.3 Å². The van der Waals surface area contributed by atoms with Gasteiger partial charge in [-0.25, -0.2) is 0 Å². The molecule has 4 nitrogen and oxygen atoms in total. The highest BCUT2D eigenvalue weighted by Crippen LogP contribution is 2.08. The number of hydrogen-bond acceptors (Lipinski definition) is 3. The Kier molecular flexibility index (Phi) is 5.12. The maximum absolute atomic E-state index is 12.0. The Balaban J connectivity index is 2.70. The van der Waals surface area contributed by atoms with Gasteiger partial charge in [-0.2, -0.15) is 0 Å². The number of hydrogen-bond donors (Lipinski definition) is 1. The van der Waals surface area contributed by atoms with Gasteiger partial charge in [0.1, 0.15) is 0 Å². The molecule has 4 heteroatoms. The van der Waals surface area contributed by atoms with E-state index in [1.165, 1.54) is 0 Å². The molecule has 94 valence electrons. The molecule has 0 saturated heterocycles. The standard InChI is InChI=1S/C13H19NO3/c1-9-7-5-6-8-11(9)12(15)14-10(2)13(16-3)17-4/h5-8,10,13H,1-4H3,(H,14,15). The number of ether oxygens (including phenoxy) is 2. The van der Waals surface area contributed by atoms with Gasteiger partial charge in [0.2, 0.25) is 0 Å². The third-order valence-corrected chi connectivity index (χ3v) is 2.62. The molecule has 0 radical (unpaired) electrons. The lowest BCUT2D eigenvalue weighted by Gasteiger charge is -2.22. The lowest BCUT2D eigenvalue weighted by Crippen LogP contribution is -2.43. The smallest absolute Gasteiger partial charge is 0.251 e. The predicted molar refractivity (Wildman–Crippen MR) is 65.9 cm³/mol. The van der Waals surface area contributed by atoms with Crippen LogP contribution in [0.15, 0.2) is 24.3 Å². The molecule has 1 amide bonds. The molecule has 0 fully saturated rings. The van der Waals surface area contributed by atoms with Crippen molar-refractivity contribution in [3.8, 4) is 0 Å². The van der Waals surface area contributed by atoms with Crippen molar-refractivity contribution in [2.24, 2.45) is 0 Å². The summed E-state index contributed by atoms with van der Waals surface area (Å²) in [5.41, 5.74) is 1.62. The van der Waals surface area contributed by atoms with Crippen molar-refractivity contribution in [3.63, 3.8) is 0 Å². The van der Waals surface area contributed by atoms with Crippen molar-refractivity contribution in [1.82, 2.24) is 5.32 Å². The number of nitrogens with one attached hydrogen (secondary N) is 1. The van der Waals surface area contributed by atoms with Gasteiger partial charge in [-0.05, 0) is 25.5 Å². The normalized spacial score (nSPS) is 12.5. The molecule has 1 rings (SSSR count). The molecule has 0 aliphatic carbocycles. The van der Waals surface area contributed by atoms with Crippen LogP contribution >= 0.6 is 0 Å². The highest BCUT2D eigenvalue weighted by atomic mass is 16.7. The topological polar surface area (TPSA) is 47.6 Å². The molecule has 0 spiro atoms. The van der Waals surface area contributed by atoms with E-state index in [9.17, 15) is 4.79 Å². The van der Waals surface area contributed by atoms with E-state index < -0.39 is 6.29 Å². The molecule has 0 aliphatic heterocycles. The molecule has 1 aromatic rings. The van der Waals surface area contributed by atoms with Crippen LogP contribution in [0.4, 0.5) is 0 Å². The molecule has 17 heavy (non-hydrogen) atoms. The molecule has 1 atom stereocenters. The Hall–Kier alpha value is -1.39. The van der Waals surface area contributed by atoms with Crippen molar-refractivity contribution in [2.75, 3.05) is 14.2 Å². The van der Waals surface area contributed by atoms with Crippen LogP contribution in [0.3, 0.4) is 0 Å². The van der Waals surface area contributed by atoms with Gasteiger partial charge in [0.25, 0.3) is 5.91 Å². The average Bonchev–Trinajstić information content (AvgIpc) is 2.31. The Bertz CT molecular complexity index is 375. The van der Waals surface area contributed by atoms with Gasteiger partial charge in [0.05, 0.1) is 6.04 Å². The minimum Gasteiger partial charge on any atom is -0.354 e. The van der Waals surface area contributed by atoms with Gasteiger partial charge in [-0.3, -0.25) is 4.79 Å². The highest BCUT2D eigenvalue weighted by molar-refractivity contribution is 5.95. The molecule has 1 aromatic carbocycles. The zero-order valence-electron chi connectivity index (χ0n) is 10.7. The van der Waals surface area contributed by atoms with Gasteiger partial charge in [0, 0.05) is 19.8 Å². The molecule has 0 heterocycles. The lowest BCUT2D eigenvalue weighted by molar-refractivity contribution is -0.117. The van der Waals surface area contributed by atoms with E-state index in [0.29, 0.717) is 5.56 Å². The van der Waals surface area contributed by atoms with Crippen LogP contribution in [-0.2, 0) is 9.47 Å². The first-order chi connectivity index (χ1) is 8.10. The first kappa shape index (κ1) is 13.7. The Morgan fingerprint density at radius 2 is 1.82 bits per heavy atom. The number of rotatable bonds is 5. The van der Waals surface area contributed by atoms with Gasteiger partial charge in [-0.15, -0.1) is 0 Å². The van der Waals surface area contributed by atoms with Crippen molar-refractivity contribution in [1.29, 1.82) is 0 Å². The average molecular weight is 237 g/mol. The second kappa shape index (κ2) is 6.37. The largest absolute Gasteiger partial charge is 0.354 e. The molecule has 0 aliphatic rings. The van der Waals surface area contributed by atoms with E-state index in [4.69, 9.17) is 9.47 Å². The molecule has 0 saturated carbocycles. The summed E-state index contributed by atoms with van der Waals surface area (Å²) in [5, 5.41) is 2.85. The maximum atomic E-state index is 12.0. The predicted octanol–water partition coefficient (Wildman–Crippen LogP) is 1.73. The number of aryl methyl sites for hydroxylation is 1. The summed E-state index contributed by atoms with van der Waals surface area (Å²) in [6.07, 6.45) is -0.442. The van der Waals surface area contributed by atoms with Crippen LogP contribution in [0.5, 0.6) is 0 Å². The summed E-state index contributed by atoms with van der Waals surface area (Å²) in [6, 6.07) is 7.24. The van der Waals surface area contributed by atoms with Crippen LogP contribution in [-0.4, -0.2) is 32.5 Å². The van der Waals surface area contributed by atoms with Crippen molar-refractivity contribution in [3.05, 3.63) is 35.4 Å². The summed E-state index contributed by atoms with van der Waals surface area (Å²) >= 11 is 0. The van der Waals surface area contributed by atoms with Gasteiger partial charge in [0.15, 0.2) is 6.29 Å². The number of carbonyl (C=O) groups excluding carboxylic acids is 1. The highest BCUT2D eigenvalue weighted by Gasteiger charge is 2.19. The van der Waals surface area contributed by atoms with Crippen LogP contribution < -0.4 is 5.32 Å². The van der Waals surface area contributed by atoms with Crippen molar-refractivity contribution in [2.45, 2.75) is 26.2 Å². The maximum Gasteiger partial charge on any atom is 0.251 e. The second-order valence-corrected chi connectivity index (χ2v) is 3.92. The van der Waals surface area contributed by atoms with Gasteiger partial charge in [-0.1, -0.05) is 18.2 Å². The number of methoxy groups -OCH3 is 2. The summed E-state index contributed by atoms with van der Waals surface area (Å²) < 4.78 is 10.2. The van der Waals surface area contributed by atoms with Gasteiger partial charge < -0.3 is 14.8 Å². The molecule has 0 aromatic heterocycles. The minimum atomic E-state index is -0.442. The zero-order chi connectivity index (χ0) is 12.8. The van der Waals surface area contributed by atoms with E-state index in [-0.39, 0.29) is 11.9 Å². The van der Waals surface area contributed by atoms with Crippen LogP contribution in [0, 0.1) is 6.92 Å². The lowest BCUT2D eigenvalue weighted by atomic mass is 10.1. The first-order valence-electron chi connectivity index (χ1n) is 5.52. The summed E-state index contributed by atoms with van der Waals surface area (Å²) in [6.45, 7) is 3.75. The third-order valence-electron chi connectivity index (χ3n) is 2.62. The fraction of sp³-hybridized carbons (Fsp3) is 0.462. The molecular weight excluding hydrogens is 218 g/mol. The molecule has 1 unspecified atom stereocenters. The van der Waals surface area contributed by atoms with Crippen LogP contribution in [0.1, 0.15) is 22.8 Å². The number of amides is 1. The number of benzene rings is 1. The summed E-state index contributed by atoms with van der Waals surface area (Å²) in [7, 11) is 3.09. The fourth-order valence-corrected chi connectivity index (χ4v) is 1.68. The Morgan fingerprint density at radius 1 is 1.24 bits per heavy atom. The Labute approximate surface area is 102 Å². The van der Waals surface area contributed by atoms with Crippen LogP contribution in [0.25, 0.3) is 0 Å². The van der Waals surface area contributed by atoms with E-state index >= 15 is 0 Å². The molecule has 0 bridgehead atoms. The first-order valence-corrected chi connectivity index (χ1v) is 5.52. The van der Waals surface area contributed by atoms with Gasteiger partial charge >= 0.3 is 0 Å².